The molecule has 0 amide bonds. The van der Waals surface area contributed by atoms with Crippen molar-refractivity contribution in [1.82, 2.24) is 0 Å². The van der Waals surface area contributed by atoms with Crippen LogP contribution in [0, 0.1) is 30.1 Å². The highest BCUT2D eigenvalue weighted by Crippen LogP contribution is 2.28. The lowest BCUT2D eigenvalue weighted by Gasteiger charge is -2.22. The van der Waals surface area contributed by atoms with E-state index in [1.807, 2.05) is 45.9 Å². The molecular formula is C15H22N2O. The molecule has 1 aromatic rings. The summed E-state index contributed by atoms with van der Waals surface area (Å²) in [4.78, 5) is 0. The van der Waals surface area contributed by atoms with Crippen LogP contribution in [0.3, 0.4) is 0 Å². The molecule has 0 spiro atoms. The Kier molecular flexibility index (Phi) is 5.18. The van der Waals surface area contributed by atoms with Crippen molar-refractivity contribution in [3.05, 3.63) is 29.3 Å². The van der Waals surface area contributed by atoms with Gasteiger partial charge in [0.1, 0.15) is 5.75 Å². The molecular weight excluding hydrogens is 224 g/mol. The molecule has 18 heavy (non-hydrogen) atoms. The molecule has 98 valence electrons. The first-order valence-electron chi connectivity index (χ1n) is 6.39. The highest BCUT2D eigenvalue weighted by atomic mass is 16.5. The topological polar surface area (TPSA) is 59.0 Å². The third-order valence-electron chi connectivity index (χ3n) is 3.14. The van der Waals surface area contributed by atoms with Crippen LogP contribution in [-0.4, -0.2) is 6.61 Å². The van der Waals surface area contributed by atoms with Gasteiger partial charge in [0.25, 0.3) is 0 Å². The summed E-state index contributed by atoms with van der Waals surface area (Å²) in [7, 11) is 0. The molecule has 0 aliphatic carbocycles. The Morgan fingerprint density at radius 3 is 2.50 bits per heavy atom. The van der Waals surface area contributed by atoms with E-state index >= 15 is 0 Å². The van der Waals surface area contributed by atoms with E-state index < -0.39 is 0 Å². The van der Waals surface area contributed by atoms with Gasteiger partial charge in [-0.05, 0) is 37.0 Å². The van der Waals surface area contributed by atoms with Crippen LogP contribution in [0.2, 0.25) is 0 Å². The third kappa shape index (κ3) is 3.24. The molecule has 0 aromatic heterocycles. The van der Waals surface area contributed by atoms with Crippen LogP contribution < -0.4 is 10.5 Å². The van der Waals surface area contributed by atoms with E-state index in [0.717, 1.165) is 16.9 Å². The summed E-state index contributed by atoms with van der Waals surface area (Å²) in [6, 6.07) is 7.96. The van der Waals surface area contributed by atoms with Crippen molar-refractivity contribution in [2.45, 2.75) is 33.7 Å². The van der Waals surface area contributed by atoms with Crippen LogP contribution in [0.1, 0.15) is 37.9 Å². The summed E-state index contributed by atoms with van der Waals surface area (Å²) < 4.78 is 5.50. The first kappa shape index (κ1) is 14.5. The van der Waals surface area contributed by atoms with Crippen LogP contribution in [0.25, 0.3) is 0 Å². The van der Waals surface area contributed by atoms with Crippen molar-refractivity contribution in [2.75, 3.05) is 6.61 Å². The molecule has 2 atom stereocenters. The number of hydrogen-bond acceptors (Lipinski definition) is 3. The van der Waals surface area contributed by atoms with Crippen LogP contribution in [-0.2, 0) is 0 Å². The first-order chi connectivity index (χ1) is 8.51. The van der Waals surface area contributed by atoms with E-state index in [0.29, 0.717) is 6.61 Å². The minimum atomic E-state index is -0.246. The number of nitriles is 1. The Bertz CT molecular complexity index is 435. The average molecular weight is 246 g/mol. The van der Waals surface area contributed by atoms with Gasteiger partial charge in [-0.1, -0.05) is 26.0 Å². The standard InChI is InChI=1S/C15H22N2O/c1-5-18-14-7-6-12(8-11(14)4)15(17)13(9-16)10(2)3/h6-8,10,13,15H,5,17H2,1-4H3. The summed E-state index contributed by atoms with van der Waals surface area (Å²) in [5.74, 6) is 0.964. The van der Waals surface area contributed by atoms with Crippen LogP contribution >= 0.6 is 0 Å². The maximum Gasteiger partial charge on any atom is 0.122 e. The lowest BCUT2D eigenvalue weighted by molar-refractivity contribution is 0.337. The molecule has 0 radical (unpaired) electrons. The maximum absolute atomic E-state index is 9.18. The predicted octanol–water partition coefficient (Wildman–Crippen LogP) is 3.19. The van der Waals surface area contributed by atoms with Crippen molar-refractivity contribution >= 4 is 0 Å². The Hall–Kier alpha value is -1.53. The molecule has 0 saturated heterocycles. The molecule has 1 rings (SSSR count). The summed E-state index contributed by atoms with van der Waals surface area (Å²) in [5, 5.41) is 9.18. The molecule has 3 nitrogen and oxygen atoms in total. The Morgan fingerprint density at radius 2 is 2.06 bits per heavy atom. The molecule has 0 bridgehead atoms. The minimum Gasteiger partial charge on any atom is -0.494 e. The second kappa shape index (κ2) is 6.42. The van der Waals surface area contributed by atoms with Gasteiger partial charge in [-0.15, -0.1) is 0 Å². The number of rotatable bonds is 5. The number of nitrogens with zero attached hydrogens (tertiary/aromatic N) is 1. The van der Waals surface area contributed by atoms with Crippen molar-refractivity contribution in [2.24, 2.45) is 17.6 Å². The van der Waals surface area contributed by atoms with E-state index in [9.17, 15) is 5.26 Å². The van der Waals surface area contributed by atoms with Gasteiger partial charge in [-0.3, -0.25) is 0 Å². The smallest absolute Gasteiger partial charge is 0.122 e. The molecule has 2 unspecified atom stereocenters. The fourth-order valence-electron chi connectivity index (χ4n) is 2.05. The van der Waals surface area contributed by atoms with E-state index in [-0.39, 0.29) is 17.9 Å². The number of ether oxygens (including phenoxy) is 1. The average Bonchev–Trinajstić information content (AvgIpc) is 2.32. The minimum absolute atomic E-state index is 0.164. The fourth-order valence-corrected chi connectivity index (χ4v) is 2.05. The van der Waals surface area contributed by atoms with E-state index in [2.05, 4.69) is 6.07 Å². The van der Waals surface area contributed by atoms with Gasteiger partial charge in [0.05, 0.1) is 18.6 Å². The zero-order chi connectivity index (χ0) is 13.7. The van der Waals surface area contributed by atoms with E-state index in [1.54, 1.807) is 0 Å². The highest BCUT2D eigenvalue weighted by Gasteiger charge is 2.22. The Balaban J connectivity index is 2.97. The van der Waals surface area contributed by atoms with Gasteiger partial charge in [-0.2, -0.15) is 5.26 Å². The SMILES string of the molecule is CCOc1ccc(C(N)C(C#N)C(C)C)cc1C. The summed E-state index contributed by atoms with van der Waals surface area (Å²) in [6.45, 7) is 8.66. The van der Waals surface area contributed by atoms with Gasteiger partial charge >= 0.3 is 0 Å². The van der Waals surface area contributed by atoms with Crippen molar-refractivity contribution < 1.29 is 4.74 Å². The van der Waals surface area contributed by atoms with Crippen molar-refractivity contribution in [3.8, 4) is 11.8 Å². The number of aryl methyl sites for hydroxylation is 1. The molecule has 0 saturated carbocycles. The van der Waals surface area contributed by atoms with Crippen LogP contribution in [0.5, 0.6) is 5.75 Å². The molecule has 0 fully saturated rings. The highest BCUT2D eigenvalue weighted by molar-refractivity contribution is 5.38. The van der Waals surface area contributed by atoms with Gasteiger partial charge in [0.15, 0.2) is 0 Å². The predicted molar refractivity (Wildman–Crippen MR) is 73.2 cm³/mol. The fraction of sp³-hybridized carbons (Fsp3) is 0.533. The number of hydrogen-bond donors (Lipinski definition) is 1. The zero-order valence-corrected chi connectivity index (χ0v) is 11.6. The van der Waals surface area contributed by atoms with E-state index in [1.165, 1.54) is 0 Å². The Labute approximate surface area is 110 Å². The summed E-state index contributed by atoms with van der Waals surface area (Å²) >= 11 is 0. The molecule has 1 aromatic carbocycles. The lowest BCUT2D eigenvalue weighted by Crippen LogP contribution is -2.24. The second-order valence-electron chi connectivity index (χ2n) is 4.88. The van der Waals surface area contributed by atoms with Crippen LogP contribution in [0.4, 0.5) is 0 Å². The number of benzene rings is 1. The van der Waals surface area contributed by atoms with Gasteiger partial charge < -0.3 is 10.5 Å². The van der Waals surface area contributed by atoms with Gasteiger partial charge in [0.2, 0.25) is 0 Å². The Morgan fingerprint density at radius 1 is 1.39 bits per heavy atom. The monoisotopic (exact) mass is 246 g/mol. The number of nitrogens with two attached hydrogens (primary N) is 1. The van der Waals surface area contributed by atoms with Crippen LogP contribution in [0.15, 0.2) is 18.2 Å². The summed E-state index contributed by atoms with van der Waals surface area (Å²) in [5.41, 5.74) is 8.24. The zero-order valence-electron chi connectivity index (χ0n) is 11.6. The largest absolute Gasteiger partial charge is 0.494 e. The quantitative estimate of drug-likeness (QED) is 0.868. The van der Waals surface area contributed by atoms with Crippen molar-refractivity contribution in [3.63, 3.8) is 0 Å². The molecule has 2 N–H and O–H groups in total. The normalized spacial score (nSPS) is 14.1. The van der Waals surface area contributed by atoms with Gasteiger partial charge in [0, 0.05) is 6.04 Å². The van der Waals surface area contributed by atoms with Gasteiger partial charge in [-0.25, -0.2) is 0 Å². The van der Waals surface area contributed by atoms with E-state index in [4.69, 9.17) is 10.5 Å². The molecule has 0 heterocycles. The molecule has 3 heteroatoms. The molecule has 0 aliphatic rings. The lowest BCUT2D eigenvalue weighted by atomic mass is 9.86. The first-order valence-corrected chi connectivity index (χ1v) is 6.39. The third-order valence-corrected chi connectivity index (χ3v) is 3.14. The van der Waals surface area contributed by atoms with Crippen molar-refractivity contribution in [1.29, 1.82) is 5.26 Å². The second-order valence-corrected chi connectivity index (χ2v) is 4.88. The maximum atomic E-state index is 9.18. The summed E-state index contributed by atoms with van der Waals surface area (Å²) in [6.07, 6.45) is 0. The molecule has 0 aliphatic heterocycles.